The molecule has 0 aromatic rings. The van der Waals surface area contributed by atoms with Crippen molar-refractivity contribution in [2.24, 2.45) is 47.2 Å². The average Bonchev–Trinajstić information content (AvgIpc) is 0.817. The molecule has 12 amide bonds. The van der Waals surface area contributed by atoms with Gasteiger partial charge in [-0.2, -0.15) is 0 Å². The molecule has 1 aliphatic heterocycles. The van der Waals surface area contributed by atoms with Gasteiger partial charge in [0.25, 0.3) is 0 Å². The number of allylic oxidation sites excluding steroid dienone is 1. The van der Waals surface area contributed by atoms with Crippen LogP contribution in [0, 0.1) is 41.4 Å². The highest BCUT2D eigenvalue weighted by Crippen LogP contribution is 2.26. The fraction of sp³-hybridized carbons (Fsp3) is 0.788. The van der Waals surface area contributed by atoms with Crippen LogP contribution in [-0.4, -0.2) is 259 Å². The van der Waals surface area contributed by atoms with E-state index in [1.807, 2.05) is 55.4 Å². The van der Waals surface area contributed by atoms with E-state index in [2.05, 4.69) is 26.6 Å². The fourth-order valence-electron chi connectivity index (χ4n) is 11.2. The summed E-state index contributed by atoms with van der Waals surface area (Å²) in [5.41, 5.74) is 5.48. The number of aliphatic hydroxyl groups is 1. The quantitative estimate of drug-likeness (QED) is 0.0630. The van der Waals surface area contributed by atoms with Crippen molar-refractivity contribution in [2.75, 3.05) is 82.2 Å². The number of carbonyl (C=O) groups is 12. The third-order valence-corrected chi connectivity index (χ3v) is 16.9. The predicted octanol–water partition coefficient (Wildman–Crippen LogP) is 1.34. The Morgan fingerprint density at radius 1 is 0.538 bits per heavy atom. The summed E-state index contributed by atoms with van der Waals surface area (Å²) < 4.78 is 5.32. The van der Waals surface area contributed by atoms with E-state index in [0.717, 1.165) is 9.80 Å². The lowest BCUT2D eigenvalue weighted by Gasteiger charge is -2.41. The second-order valence-corrected chi connectivity index (χ2v) is 27.6. The summed E-state index contributed by atoms with van der Waals surface area (Å²) in [4.78, 5) is 182. The lowest BCUT2D eigenvalue weighted by atomic mass is 9.91. The summed E-state index contributed by atoms with van der Waals surface area (Å²) >= 11 is 0. The molecule has 0 radical (unpaired) electrons. The number of hydrogen-bond donors (Lipinski definition) is 7. The number of hydrogen-bond acceptors (Lipinski definition) is 15. The first-order valence-electron chi connectivity index (χ1n) is 33.1. The fourth-order valence-corrected chi connectivity index (χ4v) is 11.2. The van der Waals surface area contributed by atoms with Crippen molar-refractivity contribution in [3.63, 3.8) is 0 Å². The van der Waals surface area contributed by atoms with Gasteiger partial charge in [-0.1, -0.05) is 103 Å². The van der Waals surface area contributed by atoms with Crippen LogP contribution in [0.4, 0.5) is 0 Å². The molecule has 532 valence electrons. The molecular formula is C66H119N13O14. The first kappa shape index (κ1) is 84.3. The van der Waals surface area contributed by atoms with E-state index in [1.54, 1.807) is 41.5 Å². The molecule has 1 saturated heterocycles. The summed E-state index contributed by atoms with van der Waals surface area (Å²) in [5.74, 6) is -11.0. The van der Waals surface area contributed by atoms with Crippen molar-refractivity contribution in [1.82, 2.24) is 60.9 Å². The maximum atomic E-state index is 15.3. The second kappa shape index (κ2) is 39.8. The third-order valence-electron chi connectivity index (χ3n) is 16.9. The lowest BCUT2D eigenvalue weighted by Crippen LogP contribution is -2.63. The van der Waals surface area contributed by atoms with E-state index in [1.165, 1.54) is 99.8 Å². The molecular weight excluding hydrogens is 1200 g/mol. The normalized spacial score (nSPS) is 25.5. The molecule has 0 spiro atoms. The van der Waals surface area contributed by atoms with Crippen molar-refractivity contribution in [3.05, 3.63) is 12.2 Å². The number of amides is 12. The van der Waals surface area contributed by atoms with Gasteiger partial charge >= 0.3 is 0 Å². The van der Waals surface area contributed by atoms with E-state index < -0.39 is 162 Å². The van der Waals surface area contributed by atoms with Crippen molar-refractivity contribution in [2.45, 2.75) is 216 Å². The van der Waals surface area contributed by atoms with Gasteiger partial charge in [-0.05, 0) is 99.9 Å². The van der Waals surface area contributed by atoms with Crippen molar-refractivity contribution in [3.8, 4) is 0 Å². The van der Waals surface area contributed by atoms with Gasteiger partial charge in [0.1, 0.15) is 60.4 Å². The van der Waals surface area contributed by atoms with Crippen LogP contribution in [0.5, 0.6) is 0 Å². The Bertz CT molecular complexity index is 2550. The molecule has 0 unspecified atom stereocenters. The van der Waals surface area contributed by atoms with Crippen LogP contribution in [0.15, 0.2) is 12.2 Å². The maximum absolute atomic E-state index is 15.3. The summed E-state index contributed by atoms with van der Waals surface area (Å²) in [6, 6.07) is -12.8. The highest BCUT2D eigenvalue weighted by Gasteiger charge is 2.46. The summed E-state index contributed by atoms with van der Waals surface area (Å²) in [6.07, 6.45) is 1.57. The summed E-state index contributed by atoms with van der Waals surface area (Å²) in [5, 5.41) is 25.9. The van der Waals surface area contributed by atoms with Crippen LogP contribution in [-0.2, 0) is 62.3 Å². The molecule has 1 heterocycles. The smallest absolute Gasteiger partial charge is 0.246 e. The first-order chi connectivity index (χ1) is 43.1. The summed E-state index contributed by atoms with van der Waals surface area (Å²) in [7, 11) is 9.73. The lowest BCUT2D eigenvalue weighted by molar-refractivity contribution is -0.157. The van der Waals surface area contributed by atoms with Gasteiger partial charge in [-0.15, -0.1) is 0 Å². The Labute approximate surface area is 554 Å². The Morgan fingerprint density at radius 3 is 1.47 bits per heavy atom. The van der Waals surface area contributed by atoms with Gasteiger partial charge < -0.3 is 76.5 Å². The standard InChI is InChI=1S/C66H119N13O14/c1-24-46-62(88)73(17)36-52(81)74(18)47(32-37(2)3)59(85)72-53(41(10)11)65(91)75(19)48(33-38(4)5)58(84)69-44(15)57(83)70-45(16)61(87)76(20)49(34-39(6)7)63(89)77(21)50(35-40(8)9)64(90)78(22)54(42(12)13)66(92)79(23)55(60(86)71-46)56(82)43(14)26-25-27-51(80)68-29-31-93-30-28-67/h25,27,37-50,53-56,82H,24,26,28-36,67H2,1-23H3,(H,68,80)(H,69,84)(H,70,83)(H,71,86)(H,72,85)/b27-25+/t43-,44+,45-,46+,47+,48+,49+,50+,53+,54+,55+,56-/m1/s1. The number of ether oxygens (including phenoxy) is 1. The number of nitrogens with one attached hydrogen (secondary N) is 5. The Kier molecular flexibility index (Phi) is 36.1. The predicted molar refractivity (Wildman–Crippen MR) is 356 cm³/mol. The zero-order chi connectivity index (χ0) is 71.8. The van der Waals surface area contributed by atoms with Crippen LogP contribution < -0.4 is 32.3 Å². The molecule has 1 aliphatic rings. The highest BCUT2D eigenvalue weighted by molar-refractivity contribution is 5.99. The largest absolute Gasteiger partial charge is 0.390 e. The molecule has 93 heavy (non-hydrogen) atoms. The van der Waals surface area contributed by atoms with Gasteiger partial charge in [0.05, 0.1) is 25.9 Å². The zero-order valence-corrected chi connectivity index (χ0v) is 60.3. The van der Waals surface area contributed by atoms with Crippen molar-refractivity contribution in [1.29, 1.82) is 0 Å². The minimum Gasteiger partial charge on any atom is -0.390 e. The summed E-state index contributed by atoms with van der Waals surface area (Å²) in [6.45, 7) is 28.2. The molecule has 0 aliphatic carbocycles. The monoisotopic (exact) mass is 1320 g/mol. The molecule has 27 nitrogen and oxygen atoms in total. The van der Waals surface area contributed by atoms with E-state index in [4.69, 9.17) is 10.5 Å². The van der Waals surface area contributed by atoms with Crippen molar-refractivity contribution >= 4 is 70.9 Å². The minimum absolute atomic E-state index is 0.0196. The molecule has 0 aromatic heterocycles. The van der Waals surface area contributed by atoms with E-state index in [-0.39, 0.29) is 75.3 Å². The van der Waals surface area contributed by atoms with Crippen LogP contribution in [0.1, 0.15) is 149 Å². The highest BCUT2D eigenvalue weighted by atomic mass is 16.5. The molecule has 12 atom stereocenters. The van der Waals surface area contributed by atoms with Crippen LogP contribution >= 0.6 is 0 Å². The van der Waals surface area contributed by atoms with E-state index in [9.17, 15) is 43.5 Å². The third kappa shape index (κ3) is 25.5. The van der Waals surface area contributed by atoms with Gasteiger partial charge in [-0.25, -0.2) is 0 Å². The van der Waals surface area contributed by atoms with Gasteiger partial charge in [0.15, 0.2) is 0 Å². The zero-order valence-electron chi connectivity index (χ0n) is 60.3. The SMILES string of the molecule is CC[C@@H]1NC(=O)[C@H]([C@H](O)[C@H](C)C/C=C/C(=O)NCCOCCN)N(C)C(=O)[C@H](C(C)C)N(C)C(=O)[C@H](CC(C)C)N(C)C(=O)[C@H](CC(C)C)N(C)C(=O)[C@@H](C)NC(=O)[C@H](C)NC(=O)[C@H](CC(C)C)N(C)C(=O)[C@H](C(C)C)NC(=O)[C@H](CC(C)C)N(C)C(=O)CN(C)C1=O. The Balaban J connectivity index is 4.34. The Hall–Kier alpha value is -6.74. The second-order valence-electron chi connectivity index (χ2n) is 27.6. The molecule has 27 heteroatoms. The van der Waals surface area contributed by atoms with Gasteiger partial charge in [0.2, 0.25) is 70.9 Å². The van der Waals surface area contributed by atoms with Crippen LogP contribution in [0.3, 0.4) is 0 Å². The number of aliphatic hydroxyl groups excluding tert-OH is 1. The van der Waals surface area contributed by atoms with Crippen LogP contribution in [0.25, 0.3) is 0 Å². The molecule has 8 N–H and O–H groups in total. The van der Waals surface area contributed by atoms with Gasteiger partial charge in [-0.3, -0.25) is 57.5 Å². The van der Waals surface area contributed by atoms with Crippen molar-refractivity contribution < 1.29 is 67.4 Å². The van der Waals surface area contributed by atoms with Crippen LogP contribution in [0.2, 0.25) is 0 Å². The average molecular weight is 1320 g/mol. The molecule has 1 rings (SSSR count). The molecule has 1 fully saturated rings. The Morgan fingerprint density at radius 2 is 0.989 bits per heavy atom. The molecule has 0 aromatic carbocycles. The van der Waals surface area contributed by atoms with E-state index >= 15 is 19.2 Å². The number of nitrogens with two attached hydrogens (primary N) is 1. The first-order valence-corrected chi connectivity index (χ1v) is 33.1. The number of carbonyl (C=O) groups excluding carboxylic acids is 12. The molecule has 0 saturated carbocycles. The number of rotatable bonds is 21. The topological polar surface area (TPSA) is 343 Å². The minimum atomic E-state index is -1.75. The maximum Gasteiger partial charge on any atom is 0.246 e. The number of likely N-dealkylation sites (N-methyl/N-ethyl adjacent to an activating group) is 7. The van der Waals surface area contributed by atoms with Gasteiger partial charge in [0, 0.05) is 62.4 Å². The number of nitrogens with zero attached hydrogens (tertiary/aromatic N) is 7. The molecule has 0 bridgehead atoms. The van der Waals surface area contributed by atoms with E-state index in [0.29, 0.717) is 13.2 Å².